The van der Waals surface area contributed by atoms with Crippen LogP contribution in [0.4, 0.5) is 10.1 Å². The van der Waals surface area contributed by atoms with Crippen molar-refractivity contribution in [3.63, 3.8) is 0 Å². The number of benzene rings is 1. The summed E-state index contributed by atoms with van der Waals surface area (Å²) >= 11 is 3.30. The summed E-state index contributed by atoms with van der Waals surface area (Å²) in [7, 11) is 0. The standard InChI is InChI=1S/C15H16BrFN2O2/c1-2-11-14(20)18-8-4-7-12(18)15(21)19(11)13-9(16)5-3-6-10(13)17/h3,5-6,11-12H,2,4,7-8H2,1H3. The summed E-state index contributed by atoms with van der Waals surface area (Å²) in [6.45, 7) is 2.46. The minimum Gasteiger partial charge on any atom is -0.329 e. The molecule has 2 aliphatic rings. The molecule has 0 aliphatic carbocycles. The van der Waals surface area contributed by atoms with Gasteiger partial charge in [0.25, 0.3) is 5.91 Å². The summed E-state index contributed by atoms with van der Waals surface area (Å²) in [4.78, 5) is 28.4. The molecule has 2 amide bonds. The SMILES string of the molecule is CCC1C(=O)N2CCCC2C(=O)N1c1c(F)cccc1Br. The van der Waals surface area contributed by atoms with Gasteiger partial charge in [0.05, 0.1) is 5.69 Å². The van der Waals surface area contributed by atoms with Crippen molar-refractivity contribution in [3.8, 4) is 0 Å². The third-order valence-corrected chi connectivity index (χ3v) is 4.86. The molecule has 2 heterocycles. The van der Waals surface area contributed by atoms with Crippen molar-refractivity contribution in [2.24, 2.45) is 0 Å². The highest BCUT2D eigenvalue weighted by Crippen LogP contribution is 2.37. The molecule has 21 heavy (non-hydrogen) atoms. The molecule has 2 fully saturated rings. The van der Waals surface area contributed by atoms with Crippen LogP contribution in [0, 0.1) is 5.82 Å². The second-order valence-electron chi connectivity index (χ2n) is 5.39. The third kappa shape index (κ3) is 2.16. The number of amides is 2. The Kier molecular flexibility index (Phi) is 3.73. The molecule has 2 atom stereocenters. The van der Waals surface area contributed by atoms with E-state index in [1.165, 1.54) is 11.0 Å². The first-order valence-corrected chi connectivity index (χ1v) is 7.93. The molecule has 0 saturated carbocycles. The number of halogens is 2. The second-order valence-corrected chi connectivity index (χ2v) is 6.25. The average Bonchev–Trinajstić information content (AvgIpc) is 2.94. The number of hydrogen-bond donors (Lipinski definition) is 0. The first kappa shape index (κ1) is 14.5. The summed E-state index contributed by atoms with van der Waals surface area (Å²) in [5.74, 6) is -0.741. The molecule has 0 spiro atoms. The van der Waals surface area contributed by atoms with Crippen molar-refractivity contribution in [3.05, 3.63) is 28.5 Å². The Morgan fingerprint density at radius 3 is 2.76 bits per heavy atom. The van der Waals surface area contributed by atoms with Crippen LogP contribution in [0.3, 0.4) is 0 Å². The Morgan fingerprint density at radius 2 is 2.10 bits per heavy atom. The molecule has 2 unspecified atom stereocenters. The lowest BCUT2D eigenvalue weighted by molar-refractivity contribution is -0.144. The fraction of sp³-hybridized carbons (Fsp3) is 0.467. The molecule has 4 nitrogen and oxygen atoms in total. The van der Waals surface area contributed by atoms with E-state index in [2.05, 4.69) is 15.9 Å². The van der Waals surface area contributed by atoms with Crippen molar-refractivity contribution in [2.45, 2.75) is 38.3 Å². The first-order valence-electron chi connectivity index (χ1n) is 7.13. The zero-order chi connectivity index (χ0) is 15.1. The summed E-state index contributed by atoms with van der Waals surface area (Å²) < 4.78 is 14.7. The molecule has 0 radical (unpaired) electrons. The molecular weight excluding hydrogens is 339 g/mol. The molecule has 0 aromatic heterocycles. The van der Waals surface area contributed by atoms with Crippen LogP contribution in [0.1, 0.15) is 26.2 Å². The number of anilines is 1. The largest absolute Gasteiger partial charge is 0.329 e. The van der Waals surface area contributed by atoms with Gasteiger partial charge in [-0.15, -0.1) is 0 Å². The summed E-state index contributed by atoms with van der Waals surface area (Å²) in [6.07, 6.45) is 1.95. The van der Waals surface area contributed by atoms with E-state index in [0.29, 0.717) is 23.9 Å². The monoisotopic (exact) mass is 354 g/mol. The van der Waals surface area contributed by atoms with Gasteiger partial charge in [-0.05, 0) is 47.3 Å². The minimum atomic E-state index is -0.625. The van der Waals surface area contributed by atoms with Crippen LogP contribution >= 0.6 is 15.9 Å². The number of fused-ring (bicyclic) bond motifs is 1. The molecule has 3 rings (SSSR count). The summed E-state index contributed by atoms with van der Waals surface area (Å²) in [6, 6.07) is 3.50. The highest BCUT2D eigenvalue weighted by atomic mass is 79.9. The van der Waals surface area contributed by atoms with Gasteiger partial charge in [-0.3, -0.25) is 14.5 Å². The molecular formula is C15H16BrFN2O2. The van der Waals surface area contributed by atoms with Crippen LogP contribution in [-0.2, 0) is 9.59 Å². The van der Waals surface area contributed by atoms with Crippen molar-refractivity contribution < 1.29 is 14.0 Å². The minimum absolute atomic E-state index is 0.0743. The van der Waals surface area contributed by atoms with Gasteiger partial charge in [-0.25, -0.2) is 4.39 Å². The van der Waals surface area contributed by atoms with Crippen LogP contribution in [0.2, 0.25) is 0 Å². The molecule has 0 bridgehead atoms. The number of rotatable bonds is 2. The van der Waals surface area contributed by atoms with E-state index < -0.39 is 17.9 Å². The zero-order valence-electron chi connectivity index (χ0n) is 11.7. The number of nitrogens with zero attached hydrogens (tertiary/aromatic N) is 2. The van der Waals surface area contributed by atoms with E-state index >= 15 is 0 Å². The van der Waals surface area contributed by atoms with Crippen LogP contribution in [0.25, 0.3) is 0 Å². The second kappa shape index (κ2) is 5.40. The smallest absolute Gasteiger partial charge is 0.250 e. The van der Waals surface area contributed by atoms with Gasteiger partial charge >= 0.3 is 0 Å². The molecule has 6 heteroatoms. The van der Waals surface area contributed by atoms with E-state index in [9.17, 15) is 14.0 Å². The van der Waals surface area contributed by atoms with E-state index in [4.69, 9.17) is 0 Å². The summed E-state index contributed by atoms with van der Waals surface area (Å²) in [5, 5.41) is 0. The van der Waals surface area contributed by atoms with Gasteiger partial charge in [0, 0.05) is 11.0 Å². The highest BCUT2D eigenvalue weighted by Gasteiger charge is 2.48. The van der Waals surface area contributed by atoms with Gasteiger partial charge in [-0.2, -0.15) is 0 Å². The normalized spacial score (nSPS) is 25.5. The average molecular weight is 355 g/mol. The zero-order valence-corrected chi connectivity index (χ0v) is 13.3. The number of piperazine rings is 1. The summed E-state index contributed by atoms with van der Waals surface area (Å²) in [5.41, 5.74) is 0.175. The fourth-order valence-corrected chi connectivity index (χ4v) is 3.78. The first-order chi connectivity index (χ1) is 10.1. The van der Waals surface area contributed by atoms with E-state index in [0.717, 1.165) is 6.42 Å². The van der Waals surface area contributed by atoms with Gasteiger partial charge in [-0.1, -0.05) is 13.0 Å². The molecule has 2 aliphatic heterocycles. The number of carbonyl (C=O) groups excluding carboxylic acids is 2. The Balaban J connectivity index is 2.10. The van der Waals surface area contributed by atoms with Gasteiger partial charge in [0.1, 0.15) is 17.9 Å². The van der Waals surface area contributed by atoms with Gasteiger partial charge in [0.15, 0.2) is 0 Å². The third-order valence-electron chi connectivity index (χ3n) is 4.22. The van der Waals surface area contributed by atoms with Crippen molar-refractivity contribution >= 4 is 33.4 Å². The molecule has 112 valence electrons. The number of hydrogen-bond acceptors (Lipinski definition) is 2. The maximum Gasteiger partial charge on any atom is 0.250 e. The van der Waals surface area contributed by atoms with Crippen molar-refractivity contribution in [1.29, 1.82) is 0 Å². The maximum atomic E-state index is 14.2. The van der Waals surface area contributed by atoms with Gasteiger partial charge in [0.2, 0.25) is 5.91 Å². The Bertz CT molecular complexity index is 587. The fourth-order valence-electron chi connectivity index (χ4n) is 3.25. The predicted molar refractivity (Wildman–Crippen MR) is 80.4 cm³/mol. The lowest BCUT2D eigenvalue weighted by Gasteiger charge is -2.42. The van der Waals surface area contributed by atoms with Crippen LogP contribution in [0.5, 0.6) is 0 Å². The molecule has 0 N–H and O–H groups in total. The van der Waals surface area contributed by atoms with Gasteiger partial charge < -0.3 is 4.90 Å². The van der Waals surface area contributed by atoms with E-state index in [-0.39, 0.29) is 17.5 Å². The maximum absolute atomic E-state index is 14.2. The lowest BCUT2D eigenvalue weighted by Crippen LogP contribution is -2.63. The van der Waals surface area contributed by atoms with Crippen LogP contribution in [0.15, 0.2) is 22.7 Å². The Morgan fingerprint density at radius 1 is 1.33 bits per heavy atom. The molecule has 2 saturated heterocycles. The lowest BCUT2D eigenvalue weighted by atomic mass is 10.0. The molecule has 1 aromatic rings. The predicted octanol–water partition coefficient (Wildman–Crippen LogP) is 2.70. The van der Waals surface area contributed by atoms with Crippen LogP contribution in [-0.4, -0.2) is 35.3 Å². The highest BCUT2D eigenvalue weighted by molar-refractivity contribution is 9.10. The Labute approximate surface area is 131 Å². The topological polar surface area (TPSA) is 40.6 Å². The quantitative estimate of drug-likeness (QED) is 0.819. The van der Waals surface area contributed by atoms with Crippen molar-refractivity contribution in [2.75, 3.05) is 11.4 Å². The van der Waals surface area contributed by atoms with Crippen LogP contribution < -0.4 is 4.90 Å². The van der Waals surface area contributed by atoms with E-state index in [1.807, 2.05) is 6.92 Å². The molecule has 1 aromatic carbocycles. The number of para-hydroxylation sites is 1. The Hall–Kier alpha value is -1.43. The van der Waals surface area contributed by atoms with E-state index in [1.54, 1.807) is 17.0 Å². The number of carbonyl (C=O) groups is 2. The van der Waals surface area contributed by atoms with Crippen molar-refractivity contribution in [1.82, 2.24) is 4.90 Å².